The molecule has 0 atom stereocenters. The van der Waals surface area contributed by atoms with Crippen molar-refractivity contribution < 1.29 is 4.11 Å². The Kier molecular flexibility index (Phi) is 2.19. The molecule has 0 spiro atoms. The topological polar surface area (TPSA) is 48.4 Å². The van der Waals surface area contributed by atoms with Gasteiger partial charge in [0.15, 0.2) is 0 Å². The second kappa shape index (κ2) is 4.29. The van der Waals surface area contributed by atoms with E-state index in [1.807, 2.05) is 0 Å². The molecule has 0 aliphatic heterocycles. The summed E-state index contributed by atoms with van der Waals surface area (Å²) >= 11 is 0. The summed E-state index contributed by atoms with van der Waals surface area (Å²) in [6.45, 7) is -2.28. The molecular formula is C9H18N6. The molecular weight excluding hydrogens is 192 g/mol. The van der Waals surface area contributed by atoms with E-state index in [1.54, 1.807) is 38.0 Å². The number of aromatic nitrogens is 3. The zero-order valence-corrected chi connectivity index (χ0v) is 9.68. The van der Waals surface area contributed by atoms with Crippen molar-refractivity contribution in [1.29, 1.82) is 0 Å². The van der Waals surface area contributed by atoms with E-state index < -0.39 is 6.98 Å². The van der Waals surface area contributed by atoms with E-state index in [9.17, 15) is 0 Å². The summed E-state index contributed by atoms with van der Waals surface area (Å²) in [6.07, 6.45) is 0. The van der Waals surface area contributed by atoms with Gasteiger partial charge in [-0.25, -0.2) is 0 Å². The molecule has 0 fully saturated rings. The first kappa shape index (κ1) is 7.67. The number of anilines is 3. The average molecular weight is 213 g/mol. The number of hydrogen-bond donors (Lipinski definition) is 0. The van der Waals surface area contributed by atoms with Crippen LogP contribution in [0.2, 0.25) is 0 Å². The zero-order chi connectivity index (χ0) is 14.1. The van der Waals surface area contributed by atoms with Gasteiger partial charge in [-0.1, -0.05) is 0 Å². The third kappa shape index (κ3) is 2.68. The van der Waals surface area contributed by atoms with E-state index in [2.05, 4.69) is 15.0 Å². The van der Waals surface area contributed by atoms with Gasteiger partial charge in [0.05, 0.1) is 0 Å². The number of hydrogen-bond acceptors (Lipinski definition) is 6. The standard InChI is InChI=1S/C9H18N6/c1-13(2)7-10-8(14(3)4)12-9(11-7)15(5)6/h1-6H3/i1D3. The molecule has 1 rings (SSSR count). The van der Waals surface area contributed by atoms with Crippen LogP contribution in [0.15, 0.2) is 0 Å². The maximum absolute atomic E-state index is 7.36. The molecule has 0 unspecified atom stereocenters. The monoisotopic (exact) mass is 213 g/mol. The molecule has 0 aromatic carbocycles. The van der Waals surface area contributed by atoms with Crippen LogP contribution in [0.1, 0.15) is 4.11 Å². The van der Waals surface area contributed by atoms with Gasteiger partial charge in [0, 0.05) is 46.3 Å². The van der Waals surface area contributed by atoms with Crippen molar-refractivity contribution in [2.75, 3.05) is 56.9 Å². The molecule has 0 bridgehead atoms. The summed E-state index contributed by atoms with van der Waals surface area (Å²) in [4.78, 5) is 16.9. The highest BCUT2D eigenvalue weighted by molar-refractivity contribution is 5.44. The van der Waals surface area contributed by atoms with Gasteiger partial charge < -0.3 is 14.7 Å². The summed E-state index contributed by atoms with van der Waals surface area (Å²) in [5.41, 5.74) is 0. The van der Waals surface area contributed by atoms with E-state index in [0.29, 0.717) is 11.9 Å². The molecule has 1 aromatic rings. The number of nitrogens with zero attached hydrogens (tertiary/aromatic N) is 6. The van der Waals surface area contributed by atoms with Gasteiger partial charge in [0.1, 0.15) is 0 Å². The Labute approximate surface area is 94.8 Å². The lowest BCUT2D eigenvalue weighted by Gasteiger charge is -2.18. The first-order chi connectivity index (χ1) is 8.12. The Bertz CT molecular complexity index is 391. The predicted octanol–water partition coefficient (Wildman–Crippen LogP) is 0.0696. The Morgan fingerprint density at radius 1 is 0.733 bits per heavy atom. The van der Waals surface area contributed by atoms with Gasteiger partial charge in [-0.15, -0.1) is 0 Å². The highest BCUT2D eigenvalue weighted by Crippen LogP contribution is 2.14. The Morgan fingerprint density at radius 2 is 1.07 bits per heavy atom. The van der Waals surface area contributed by atoms with E-state index in [4.69, 9.17) is 4.11 Å². The third-order valence-electron chi connectivity index (χ3n) is 1.70. The summed E-state index contributed by atoms with van der Waals surface area (Å²) in [7, 11) is 8.57. The van der Waals surface area contributed by atoms with Gasteiger partial charge >= 0.3 is 0 Å². The Morgan fingerprint density at radius 3 is 1.33 bits per heavy atom. The van der Waals surface area contributed by atoms with Crippen molar-refractivity contribution in [2.45, 2.75) is 0 Å². The van der Waals surface area contributed by atoms with Crippen LogP contribution in [0.4, 0.5) is 17.8 Å². The van der Waals surface area contributed by atoms with Crippen molar-refractivity contribution >= 4 is 17.8 Å². The molecule has 1 heterocycles. The lowest BCUT2D eigenvalue weighted by Crippen LogP contribution is -2.22. The predicted molar refractivity (Wildman–Crippen MR) is 62.8 cm³/mol. The minimum Gasteiger partial charge on any atom is -0.347 e. The van der Waals surface area contributed by atoms with Gasteiger partial charge in [-0.05, 0) is 0 Å². The fourth-order valence-corrected chi connectivity index (χ4v) is 0.893. The second-order valence-electron chi connectivity index (χ2n) is 3.58. The first-order valence-electron chi connectivity index (χ1n) is 5.97. The van der Waals surface area contributed by atoms with Gasteiger partial charge in [-0.2, -0.15) is 15.0 Å². The normalized spacial score (nSPS) is 13.8. The first-order valence-corrected chi connectivity index (χ1v) is 4.47. The maximum atomic E-state index is 7.36. The Balaban J connectivity index is 3.27. The van der Waals surface area contributed by atoms with Crippen LogP contribution in [0, 0.1) is 0 Å². The van der Waals surface area contributed by atoms with Crippen LogP contribution in [0.3, 0.4) is 0 Å². The molecule has 0 radical (unpaired) electrons. The Hall–Kier alpha value is -1.59. The van der Waals surface area contributed by atoms with E-state index >= 15 is 0 Å². The molecule has 0 aliphatic carbocycles. The third-order valence-corrected chi connectivity index (χ3v) is 1.70. The van der Waals surface area contributed by atoms with E-state index in [1.165, 1.54) is 7.05 Å². The quantitative estimate of drug-likeness (QED) is 0.708. The van der Waals surface area contributed by atoms with Crippen LogP contribution < -0.4 is 14.7 Å². The van der Waals surface area contributed by atoms with E-state index in [-0.39, 0.29) is 5.95 Å². The number of rotatable bonds is 3. The smallest absolute Gasteiger partial charge is 0.231 e. The van der Waals surface area contributed by atoms with Crippen molar-refractivity contribution in [3.63, 3.8) is 0 Å². The SMILES string of the molecule is [2H]C([2H])([2H])N(C)c1nc(N(C)C)nc(N(C)C)n1. The van der Waals surface area contributed by atoms with Gasteiger partial charge in [-0.3, -0.25) is 0 Å². The van der Waals surface area contributed by atoms with Gasteiger partial charge in [0.25, 0.3) is 0 Å². The minimum atomic E-state index is -2.28. The van der Waals surface area contributed by atoms with Crippen LogP contribution in [-0.2, 0) is 0 Å². The van der Waals surface area contributed by atoms with Crippen LogP contribution >= 0.6 is 0 Å². The molecule has 0 aliphatic rings. The van der Waals surface area contributed by atoms with E-state index in [0.717, 1.165) is 4.90 Å². The lowest BCUT2D eigenvalue weighted by molar-refractivity contribution is 0.886. The van der Waals surface area contributed by atoms with Crippen LogP contribution in [0.25, 0.3) is 0 Å². The molecule has 0 N–H and O–H groups in total. The highest BCUT2D eigenvalue weighted by Gasteiger charge is 2.10. The highest BCUT2D eigenvalue weighted by atomic mass is 15.4. The molecule has 0 saturated carbocycles. The maximum Gasteiger partial charge on any atom is 0.231 e. The zero-order valence-electron chi connectivity index (χ0n) is 12.7. The molecule has 15 heavy (non-hydrogen) atoms. The van der Waals surface area contributed by atoms with Crippen LogP contribution in [-0.4, -0.2) is 57.2 Å². The van der Waals surface area contributed by atoms with Crippen molar-refractivity contribution in [2.24, 2.45) is 0 Å². The molecule has 0 saturated heterocycles. The summed E-state index contributed by atoms with van der Waals surface area (Å²) < 4.78 is 22.1. The fourth-order valence-electron chi connectivity index (χ4n) is 0.893. The van der Waals surface area contributed by atoms with Gasteiger partial charge in [0.2, 0.25) is 17.8 Å². The van der Waals surface area contributed by atoms with Crippen molar-refractivity contribution in [3.05, 3.63) is 0 Å². The van der Waals surface area contributed by atoms with Crippen LogP contribution in [0.5, 0.6) is 0 Å². The molecule has 6 nitrogen and oxygen atoms in total. The summed E-state index contributed by atoms with van der Waals surface area (Å²) in [6, 6.07) is 0. The average Bonchev–Trinajstić information content (AvgIpc) is 2.26. The largest absolute Gasteiger partial charge is 0.347 e. The minimum absolute atomic E-state index is 0.123. The summed E-state index contributed by atoms with van der Waals surface area (Å²) in [5, 5.41) is 0. The fraction of sp³-hybridized carbons (Fsp3) is 0.667. The molecule has 0 amide bonds. The molecule has 6 heteroatoms. The molecule has 84 valence electrons. The lowest BCUT2D eigenvalue weighted by atomic mass is 10.7. The second-order valence-corrected chi connectivity index (χ2v) is 3.58. The van der Waals surface area contributed by atoms with Crippen molar-refractivity contribution in [3.8, 4) is 0 Å². The molecule has 1 aromatic heterocycles. The summed E-state index contributed by atoms with van der Waals surface area (Å²) in [5.74, 6) is 0.956. The van der Waals surface area contributed by atoms with Crippen molar-refractivity contribution in [1.82, 2.24) is 15.0 Å².